The zero-order valence-electron chi connectivity index (χ0n) is 22.9. The minimum atomic E-state index is -1.76. The summed E-state index contributed by atoms with van der Waals surface area (Å²) in [6.07, 6.45) is 3.65. The number of nitrogens with zero attached hydrogens (tertiary/aromatic N) is 6. The zero-order chi connectivity index (χ0) is 30.5. The number of fused-ring (bicyclic) bond motifs is 2. The van der Waals surface area contributed by atoms with Crippen molar-refractivity contribution in [3.8, 4) is 0 Å². The van der Waals surface area contributed by atoms with Crippen LogP contribution in [0.25, 0.3) is 11.0 Å². The van der Waals surface area contributed by atoms with Crippen molar-refractivity contribution in [3.05, 3.63) is 46.6 Å². The number of hydrogen-bond donors (Lipinski definition) is 4. The number of nitrogens with two attached hydrogens (primary N) is 1. The number of aliphatic carboxylic acids is 2. The number of aromatic nitrogens is 4. The quantitative estimate of drug-likeness (QED) is 0.111. The van der Waals surface area contributed by atoms with E-state index in [1.54, 1.807) is 0 Å². The van der Waals surface area contributed by atoms with Gasteiger partial charge in [-0.05, 0) is 20.8 Å². The lowest BCUT2D eigenvalue weighted by atomic mass is 10.0. The van der Waals surface area contributed by atoms with E-state index in [4.69, 9.17) is 10.6 Å². The second-order valence-corrected chi connectivity index (χ2v) is 12.1. The predicted octanol–water partition coefficient (Wildman–Crippen LogP) is 0.231. The molecule has 1 saturated heterocycles. The molecule has 5 rings (SSSR count). The maximum absolute atomic E-state index is 13.3. The average molecular weight is 616 g/mol. The fourth-order valence-corrected chi connectivity index (χ4v) is 6.33. The zero-order valence-corrected chi connectivity index (χ0v) is 24.5. The molecule has 3 aromatic heterocycles. The highest BCUT2D eigenvalue weighted by Crippen LogP contribution is 2.40. The molecule has 2 aliphatic heterocycles. The third-order valence-corrected chi connectivity index (χ3v) is 8.89. The first-order chi connectivity index (χ1) is 19.8. The molecule has 1 unspecified atom stereocenters. The number of carbonyl (C=O) groups is 4. The third kappa shape index (κ3) is 5.16. The number of nitrogens with one attached hydrogen (secondary N) is 1. The molecule has 0 saturated carbocycles. The lowest BCUT2D eigenvalue weighted by Crippen LogP contribution is -2.71. The molecule has 0 bridgehead atoms. The molecule has 5 heterocycles. The molecule has 5 N–H and O–H groups in total. The Balaban J connectivity index is 1.37. The Morgan fingerprint density at radius 2 is 2.05 bits per heavy atom. The highest BCUT2D eigenvalue weighted by atomic mass is 32.2. The molecule has 220 valence electrons. The second kappa shape index (κ2) is 10.7. The fourth-order valence-electron chi connectivity index (χ4n) is 4.44. The van der Waals surface area contributed by atoms with E-state index in [-0.39, 0.29) is 28.8 Å². The number of rotatable bonds is 9. The number of oxime groups is 1. The minimum Gasteiger partial charge on any atom is -0.478 e. The van der Waals surface area contributed by atoms with Crippen molar-refractivity contribution in [2.75, 3.05) is 11.5 Å². The summed E-state index contributed by atoms with van der Waals surface area (Å²) in [5, 5.41) is 26.6. The van der Waals surface area contributed by atoms with E-state index in [0.717, 1.165) is 28.2 Å². The molecule has 0 aromatic carbocycles. The second-order valence-electron chi connectivity index (χ2n) is 10.1. The molecule has 0 radical (unpaired) electrons. The molecule has 0 spiro atoms. The van der Waals surface area contributed by atoms with Gasteiger partial charge in [0.05, 0.1) is 5.52 Å². The van der Waals surface area contributed by atoms with Crippen LogP contribution in [0.2, 0.25) is 0 Å². The summed E-state index contributed by atoms with van der Waals surface area (Å²) in [6.45, 7) is 4.62. The summed E-state index contributed by atoms with van der Waals surface area (Å²) < 4.78 is 3.77. The van der Waals surface area contributed by atoms with Gasteiger partial charge in [-0.15, -0.1) is 23.1 Å². The number of thioether (sulfide) groups is 1. The van der Waals surface area contributed by atoms with E-state index in [1.165, 1.54) is 35.9 Å². The number of carboxylic acids is 2. The van der Waals surface area contributed by atoms with E-state index in [0.29, 0.717) is 11.3 Å². The van der Waals surface area contributed by atoms with Crippen molar-refractivity contribution in [1.29, 1.82) is 0 Å². The van der Waals surface area contributed by atoms with Gasteiger partial charge in [-0.3, -0.25) is 14.5 Å². The number of hydrogen-bond acceptors (Lipinski definition) is 11. The van der Waals surface area contributed by atoms with Crippen LogP contribution in [-0.4, -0.2) is 81.9 Å². The Hall–Kier alpha value is -4.51. The van der Waals surface area contributed by atoms with Crippen LogP contribution < -0.4 is 15.6 Å². The first kappa shape index (κ1) is 29.0. The standard InChI is InChI=1S/C25H26N8O7S2/c1-11-27-13-8-32(6-5-15(13)31(11)4)7-12-9-41-21-17(20(35)33(21)18(12)22(36)37)29-19(34)16(14-10-42-24(26)28-14)30-40-25(2,3)23(38)39/h5-6,8,10,17,21H,7,9H2,1-4H3,(H4-,26,28,29,34,36,37,38,39)/p+1/t17?,21-/m1/s1. The van der Waals surface area contributed by atoms with Crippen molar-refractivity contribution < 1.29 is 38.8 Å². The molecule has 17 heteroatoms. The van der Waals surface area contributed by atoms with Gasteiger partial charge < -0.3 is 30.7 Å². The maximum Gasteiger partial charge on any atom is 0.352 e. The van der Waals surface area contributed by atoms with Gasteiger partial charge in [-0.2, -0.15) is 4.57 Å². The smallest absolute Gasteiger partial charge is 0.352 e. The van der Waals surface area contributed by atoms with Crippen LogP contribution in [-0.2, 0) is 37.6 Å². The van der Waals surface area contributed by atoms with E-state index >= 15 is 0 Å². The van der Waals surface area contributed by atoms with Crippen LogP contribution in [0.4, 0.5) is 5.13 Å². The Labute approximate surface area is 246 Å². The van der Waals surface area contributed by atoms with Gasteiger partial charge in [0.25, 0.3) is 11.8 Å². The lowest BCUT2D eigenvalue weighted by molar-refractivity contribution is -0.687. The normalized spacial score (nSPS) is 19.0. The van der Waals surface area contributed by atoms with Crippen molar-refractivity contribution in [2.24, 2.45) is 12.2 Å². The molecule has 0 aliphatic carbocycles. The average Bonchev–Trinajstić information content (AvgIpc) is 3.48. The number of carboxylic acid groups (broad SMARTS) is 2. The molecule has 3 aromatic rings. The Bertz CT molecular complexity index is 1710. The lowest BCUT2D eigenvalue weighted by Gasteiger charge is -2.49. The van der Waals surface area contributed by atoms with Gasteiger partial charge in [0.15, 0.2) is 35.3 Å². The monoisotopic (exact) mass is 615 g/mol. The van der Waals surface area contributed by atoms with Crippen LogP contribution in [0, 0.1) is 6.92 Å². The maximum atomic E-state index is 13.3. The van der Waals surface area contributed by atoms with E-state index in [2.05, 4.69) is 20.4 Å². The molecule has 2 atom stereocenters. The molecular formula is C25H27N8O7S2+. The molecule has 2 amide bonds. The molecule has 1 fully saturated rings. The SMILES string of the molecule is Cc1nc2c[n+](CC3=C(C(=O)O)N4C(=O)C(NC(=O)C(=NOC(C)(C)C(=O)O)c5csc(N)n5)[C@H]4SC3)ccc2n1C. The number of carbonyl (C=O) groups excluding carboxylic acids is 2. The fraction of sp³-hybridized carbons (Fsp3) is 0.360. The van der Waals surface area contributed by atoms with Crippen LogP contribution >= 0.6 is 23.1 Å². The highest BCUT2D eigenvalue weighted by molar-refractivity contribution is 8.00. The molecular weight excluding hydrogens is 588 g/mol. The number of thiazole rings is 1. The topological polar surface area (TPSA) is 206 Å². The Morgan fingerprint density at radius 3 is 2.69 bits per heavy atom. The van der Waals surface area contributed by atoms with Crippen LogP contribution in [0.15, 0.2) is 40.3 Å². The first-order valence-corrected chi connectivity index (χ1v) is 14.4. The van der Waals surface area contributed by atoms with Crippen molar-refractivity contribution >= 4 is 68.7 Å². The number of anilines is 1. The molecule has 15 nitrogen and oxygen atoms in total. The summed E-state index contributed by atoms with van der Waals surface area (Å²) >= 11 is 2.34. The summed E-state index contributed by atoms with van der Waals surface area (Å²) in [5.41, 5.74) is 5.68. The number of β-lactam (4-membered cyclic amide) rings is 1. The Kier molecular flexibility index (Phi) is 7.40. The largest absolute Gasteiger partial charge is 0.478 e. The van der Waals surface area contributed by atoms with Crippen LogP contribution in [0.5, 0.6) is 0 Å². The van der Waals surface area contributed by atoms with Gasteiger partial charge >= 0.3 is 11.9 Å². The summed E-state index contributed by atoms with van der Waals surface area (Å²) in [4.78, 5) is 65.1. The Morgan fingerprint density at radius 1 is 1.31 bits per heavy atom. The van der Waals surface area contributed by atoms with Crippen molar-refractivity contribution in [3.63, 3.8) is 0 Å². The molecule has 2 aliphatic rings. The summed E-state index contributed by atoms with van der Waals surface area (Å²) in [7, 11) is 1.91. The van der Waals surface area contributed by atoms with E-state index < -0.39 is 40.8 Å². The number of pyridine rings is 1. The number of amides is 2. The van der Waals surface area contributed by atoms with Gasteiger partial charge in [-0.25, -0.2) is 19.6 Å². The predicted molar refractivity (Wildman–Crippen MR) is 151 cm³/mol. The van der Waals surface area contributed by atoms with Crippen LogP contribution in [0.1, 0.15) is 25.4 Å². The van der Waals surface area contributed by atoms with E-state index in [1.807, 2.05) is 41.6 Å². The van der Waals surface area contributed by atoms with Crippen molar-refractivity contribution in [2.45, 2.75) is 44.3 Å². The number of imidazole rings is 1. The van der Waals surface area contributed by atoms with Crippen LogP contribution in [0.3, 0.4) is 0 Å². The van der Waals surface area contributed by atoms with Gasteiger partial charge in [0.2, 0.25) is 5.60 Å². The van der Waals surface area contributed by atoms with Crippen molar-refractivity contribution in [1.82, 2.24) is 24.8 Å². The molecule has 42 heavy (non-hydrogen) atoms. The van der Waals surface area contributed by atoms with Gasteiger partial charge in [0.1, 0.15) is 28.6 Å². The minimum absolute atomic E-state index is 0.0293. The van der Waals surface area contributed by atoms with Gasteiger partial charge in [-0.1, -0.05) is 5.16 Å². The number of aryl methyl sites for hydroxylation is 2. The third-order valence-electron chi connectivity index (χ3n) is 6.87. The number of nitrogen functional groups attached to an aromatic ring is 1. The van der Waals surface area contributed by atoms with E-state index in [9.17, 15) is 29.4 Å². The summed E-state index contributed by atoms with van der Waals surface area (Å²) in [5.74, 6) is -2.90. The van der Waals surface area contributed by atoms with Gasteiger partial charge in [0, 0.05) is 29.8 Å². The highest BCUT2D eigenvalue weighted by Gasteiger charge is 2.55. The summed E-state index contributed by atoms with van der Waals surface area (Å²) in [6, 6.07) is 0.832. The first-order valence-electron chi connectivity index (χ1n) is 12.5.